The molecule has 2 unspecified atom stereocenters. The molecule has 0 spiro atoms. The van der Waals surface area contributed by atoms with Crippen LogP contribution in [-0.2, 0) is 19.1 Å². The van der Waals surface area contributed by atoms with Gasteiger partial charge in [0.1, 0.15) is 12.1 Å². The molecule has 4 N–H and O–H groups in total. The fourth-order valence-corrected chi connectivity index (χ4v) is 6.51. The van der Waals surface area contributed by atoms with Gasteiger partial charge in [-0.25, -0.2) is 4.79 Å². The van der Waals surface area contributed by atoms with Crippen LogP contribution in [-0.4, -0.2) is 41.6 Å². The second kappa shape index (κ2) is 36.6. The third kappa shape index (κ3) is 32.9. The van der Waals surface area contributed by atoms with Crippen LogP contribution >= 0.6 is 0 Å². The summed E-state index contributed by atoms with van der Waals surface area (Å²) in [6.07, 6.45) is 37.2. The smallest absolute Gasteiger partial charge is 0.326 e. The van der Waals surface area contributed by atoms with Crippen molar-refractivity contribution < 1.29 is 24.2 Å². The van der Waals surface area contributed by atoms with Crippen molar-refractivity contribution >= 4 is 17.8 Å². The van der Waals surface area contributed by atoms with E-state index < -0.39 is 12.0 Å². The molecule has 0 aliphatic rings. The second-order valence-corrected chi connectivity index (χ2v) is 14.4. The van der Waals surface area contributed by atoms with Crippen molar-refractivity contribution in [2.75, 3.05) is 6.54 Å². The molecule has 1 amide bonds. The first-order chi connectivity index (χ1) is 23.4. The average Bonchev–Trinajstić information content (AvgIpc) is 3.07. The summed E-state index contributed by atoms with van der Waals surface area (Å²) < 4.78 is 6.01. The Hall–Kier alpha value is -1.63. The monoisotopic (exact) mass is 681 g/mol. The lowest BCUT2D eigenvalue weighted by Crippen LogP contribution is -2.40. The number of esters is 1. The Kier molecular flexibility index (Phi) is 35.4. The van der Waals surface area contributed by atoms with E-state index in [1.165, 1.54) is 122 Å². The molecule has 0 aliphatic heterocycles. The van der Waals surface area contributed by atoms with Gasteiger partial charge in [0.05, 0.1) is 0 Å². The highest BCUT2D eigenvalue weighted by molar-refractivity contribution is 5.83. The Labute approximate surface area is 297 Å². The maximum Gasteiger partial charge on any atom is 0.326 e. The van der Waals surface area contributed by atoms with Gasteiger partial charge in [-0.2, -0.15) is 0 Å². The first-order valence-electron chi connectivity index (χ1n) is 20.9. The number of amides is 1. The van der Waals surface area contributed by atoms with Crippen LogP contribution in [0, 0.1) is 0 Å². The van der Waals surface area contributed by atoms with Crippen molar-refractivity contribution in [3.8, 4) is 0 Å². The lowest BCUT2D eigenvalue weighted by atomic mass is 10.0. The largest absolute Gasteiger partial charge is 0.480 e. The molecule has 0 rings (SSSR count). The van der Waals surface area contributed by atoms with Crippen molar-refractivity contribution in [1.29, 1.82) is 0 Å². The van der Waals surface area contributed by atoms with Gasteiger partial charge in [-0.3, -0.25) is 9.59 Å². The summed E-state index contributed by atoms with van der Waals surface area (Å²) in [5.41, 5.74) is 5.47. The number of nitrogens with two attached hydrogens (primary N) is 1. The molecule has 7 heteroatoms. The molecule has 7 nitrogen and oxygen atoms in total. The van der Waals surface area contributed by atoms with Gasteiger partial charge in [0.15, 0.2) is 0 Å². The molecule has 2 atom stereocenters. The third-order valence-electron chi connectivity index (χ3n) is 9.67. The van der Waals surface area contributed by atoms with E-state index in [9.17, 15) is 19.5 Å². The molecule has 0 saturated heterocycles. The summed E-state index contributed by atoms with van der Waals surface area (Å²) in [7, 11) is 0. The number of carboxylic acid groups (broad SMARTS) is 1. The van der Waals surface area contributed by atoms with Crippen LogP contribution in [0.5, 0.6) is 0 Å². The highest BCUT2D eigenvalue weighted by atomic mass is 16.5. The van der Waals surface area contributed by atoms with Gasteiger partial charge in [0.2, 0.25) is 5.91 Å². The minimum Gasteiger partial charge on any atom is -0.480 e. The fourth-order valence-electron chi connectivity index (χ4n) is 6.51. The predicted octanol–water partition coefficient (Wildman–Crippen LogP) is 11.3. The lowest BCUT2D eigenvalue weighted by molar-refractivity contribution is -0.150. The summed E-state index contributed by atoms with van der Waals surface area (Å²) >= 11 is 0. The average molecular weight is 681 g/mol. The number of hydrogen-bond acceptors (Lipinski definition) is 5. The highest BCUT2D eigenvalue weighted by Gasteiger charge is 2.19. The van der Waals surface area contributed by atoms with Crippen molar-refractivity contribution in [1.82, 2.24) is 5.32 Å². The first kappa shape index (κ1) is 46.4. The van der Waals surface area contributed by atoms with Gasteiger partial charge in [-0.15, -0.1) is 0 Å². The molecule has 0 aliphatic carbocycles. The number of hydrogen-bond donors (Lipinski definition) is 3. The predicted molar refractivity (Wildman–Crippen MR) is 202 cm³/mol. The van der Waals surface area contributed by atoms with Gasteiger partial charge >= 0.3 is 11.9 Å². The van der Waals surface area contributed by atoms with Gasteiger partial charge in [-0.1, -0.05) is 162 Å². The van der Waals surface area contributed by atoms with Gasteiger partial charge in [0, 0.05) is 12.8 Å². The molecular weight excluding hydrogens is 600 g/mol. The molecule has 0 fully saturated rings. The van der Waals surface area contributed by atoms with E-state index in [1.54, 1.807) is 0 Å². The highest BCUT2D eigenvalue weighted by Crippen LogP contribution is 2.19. The molecule has 0 heterocycles. The van der Waals surface area contributed by atoms with Crippen LogP contribution in [0.2, 0.25) is 0 Å². The van der Waals surface area contributed by atoms with E-state index in [-0.39, 0.29) is 18.0 Å². The van der Waals surface area contributed by atoms with Crippen LogP contribution in [0.15, 0.2) is 0 Å². The molecule has 284 valence electrons. The zero-order chi connectivity index (χ0) is 35.3. The molecule has 0 radical (unpaired) electrons. The maximum absolute atomic E-state index is 12.7. The zero-order valence-electron chi connectivity index (χ0n) is 31.9. The van der Waals surface area contributed by atoms with E-state index in [0.29, 0.717) is 32.2 Å². The van der Waals surface area contributed by atoms with Gasteiger partial charge in [-0.05, 0) is 57.9 Å². The van der Waals surface area contributed by atoms with Crippen molar-refractivity contribution in [3.05, 3.63) is 0 Å². The number of carbonyl (C=O) groups excluding carboxylic acids is 2. The number of ether oxygens (including phenoxy) is 1. The van der Waals surface area contributed by atoms with Crippen LogP contribution in [0.3, 0.4) is 0 Å². The number of nitrogens with one attached hydrogen (secondary N) is 1. The molecule has 48 heavy (non-hydrogen) atoms. The van der Waals surface area contributed by atoms with Gasteiger partial charge in [0.25, 0.3) is 0 Å². The molecule has 0 aromatic rings. The molecular formula is C41H80N2O5. The lowest BCUT2D eigenvalue weighted by Gasteiger charge is -2.18. The van der Waals surface area contributed by atoms with E-state index >= 15 is 0 Å². The number of carboxylic acids is 1. The van der Waals surface area contributed by atoms with Crippen molar-refractivity contribution in [3.63, 3.8) is 0 Å². The zero-order valence-corrected chi connectivity index (χ0v) is 31.9. The summed E-state index contributed by atoms with van der Waals surface area (Å²) in [5, 5.41) is 11.9. The summed E-state index contributed by atoms with van der Waals surface area (Å²) in [6, 6.07) is -0.851. The number of aliphatic carboxylic acids is 1. The number of carbonyl (C=O) groups is 3. The van der Waals surface area contributed by atoms with Crippen molar-refractivity contribution in [2.24, 2.45) is 5.73 Å². The summed E-state index contributed by atoms with van der Waals surface area (Å²) in [5.74, 6) is -1.22. The van der Waals surface area contributed by atoms with Crippen LogP contribution in [0.4, 0.5) is 0 Å². The Morgan fingerprint density at radius 3 is 1.29 bits per heavy atom. The number of unbranched alkanes of at least 4 members (excludes halogenated alkanes) is 24. The Morgan fingerprint density at radius 2 is 0.896 bits per heavy atom. The molecule has 0 aromatic carbocycles. The van der Waals surface area contributed by atoms with E-state index in [1.807, 2.05) is 0 Å². The minimum absolute atomic E-state index is 0.0187. The SMILES string of the molecule is CCCCCCCCCCCCCCCCCC(=O)OC(CCCCCCCCC)CCCCCCCC(=O)NC(CCCN)C(=O)O. The Balaban J connectivity index is 4.13. The minimum atomic E-state index is -1.00. The number of rotatable bonds is 38. The van der Waals surface area contributed by atoms with E-state index in [0.717, 1.165) is 64.2 Å². The Morgan fingerprint density at radius 1 is 0.521 bits per heavy atom. The third-order valence-corrected chi connectivity index (χ3v) is 9.67. The van der Waals surface area contributed by atoms with Crippen molar-refractivity contribution in [2.45, 2.75) is 238 Å². The van der Waals surface area contributed by atoms with E-state index in [4.69, 9.17) is 10.5 Å². The second-order valence-electron chi connectivity index (χ2n) is 14.4. The van der Waals surface area contributed by atoms with Crippen LogP contribution in [0.25, 0.3) is 0 Å². The topological polar surface area (TPSA) is 119 Å². The maximum atomic E-state index is 12.7. The normalized spacial score (nSPS) is 12.6. The Bertz CT molecular complexity index is 732. The first-order valence-corrected chi connectivity index (χ1v) is 20.9. The summed E-state index contributed by atoms with van der Waals surface area (Å²) in [4.78, 5) is 36.2. The summed E-state index contributed by atoms with van der Waals surface area (Å²) in [6.45, 7) is 4.94. The molecule has 0 saturated carbocycles. The molecule has 0 bridgehead atoms. The quantitative estimate of drug-likeness (QED) is 0.0441. The van der Waals surface area contributed by atoms with Crippen LogP contribution in [0.1, 0.15) is 226 Å². The fraction of sp³-hybridized carbons (Fsp3) is 0.927. The standard InChI is InChI=1S/C41H80N2O5/c1-3-5-7-9-11-12-13-14-15-16-17-18-20-25-29-35-40(45)48-37(31-26-22-19-10-8-6-4-2)32-27-23-21-24-28-34-39(44)43-38(41(46)47)33-30-36-42/h37-38H,3-36,42H2,1-2H3,(H,43,44)(H,46,47). The van der Waals surface area contributed by atoms with Gasteiger partial charge < -0.3 is 20.9 Å². The van der Waals surface area contributed by atoms with E-state index in [2.05, 4.69) is 19.2 Å². The van der Waals surface area contributed by atoms with Crippen LogP contribution < -0.4 is 11.1 Å². The molecule has 0 aromatic heterocycles.